The van der Waals surface area contributed by atoms with Crippen LogP contribution in [0.1, 0.15) is 36.8 Å². The lowest BCUT2D eigenvalue weighted by molar-refractivity contribution is -0.136. The summed E-state index contributed by atoms with van der Waals surface area (Å²) in [6.45, 7) is 4.48. The minimum atomic E-state index is -0.666. The SMILES string of the molecule is CC(C)CC(=O)NC(C(=O)N(C)Cc1ccc(Br)s1)c1ccccc1. The van der Waals surface area contributed by atoms with E-state index in [2.05, 4.69) is 21.2 Å². The van der Waals surface area contributed by atoms with Crippen LogP contribution >= 0.6 is 27.3 Å². The molecule has 1 aromatic carbocycles. The third-order valence-corrected chi connectivity index (χ3v) is 5.29. The van der Waals surface area contributed by atoms with Crippen LogP contribution < -0.4 is 5.32 Å². The first-order chi connectivity index (χ1) is 11.9. The second kappa shape index (κ2) is 9.15. The van der Waals surface area contributed by atoms with Crippen molar-refractivity contribution in [1.29, 1.82) is 0 Å². The van der Waals surface area contributed by atoms with Crippen LogP contribution in [0.4, 0.5) is 0 Å². The molecule has 134 valence electrons. The molecule has 2 aromatic rings. The zero-order chi connectivity index (χ0) is 18.4. The Labute approximate surface area is 161 Å². The maximum absolute atomic E-state index is 13.0. The number of rotatable bonds is 7. The smallest absolute Gasteiger partial charge is 0.249 e. The first-order valence-electron chi connectivity index (χ1n) is 8.20. The predicted octanol–water partition coefficient (Wildman–Crippen LogP) is 4.37. The molecule has 0 aliphatic rings. The van der Waals surface area contributed by atoms with E-state index in [1.165, 1.54) is 0 Å². The van der Waals surface area contributed by atoms with Crippen LogP contribution in [0, 0.1) is 5.92 Å². The first-order valence-corrected chi connectivity index (χ1v) is 9.81. The lowest BCUT2D eigenvalue weighted by Gasteiger charge is -2.25. The van der Waals surface area contributed by atoms with Gasteiger partial charge in [0, 0.05) is 18.3 Å². The van der Waals surface area contributed by atoms with Crippen molar-refractivity contribution in [1.82, 2.24) is 10.2 Å². The Kier molecular flexibility index (Phi) is 7.20. The monoisotopic (exact) mass is 422 g/mol. The van der Waals surface area contributed by atoms with Crippen molar-refractivity contribution in [2.45, 2.75) is 32.9 Å². The highest BCUT2D eigenvalue weighted by molar-refractivity contribution is 9.11. The molecule has 2 amide bonds. The normalized spacial score (nSPS) is 12.0. The summed E-state index contributed by atoms with van der Waals surface area (Å²) in [5.41, 5.74) is 0.795. The summed E-state index contributed by atoms with van der Waals surface area (Å²) in [5, 5.41) is 2.90. The molecular weight excluding hydrogens is 400 g/mol. The van der Waals surface area contributed by atoms with Crippen LogP contribution in [0.15, 0.2) is 46.3 Å². The van der Waals surface area contributed by atoms with Gasteiger partial charge in [-0.3, -0.25) is 9.59 Å². The van der Waals surface area contributed by atoms with Crippen LogP contribution in [0.25, 0.3) is 0 Å². The van der Waals surface area contributed by atoms with Gasteiger partial charge in [-0.05, 0) is 39.5 Å². The van der Waals surface area contributed by atoms with Crippen LogP contribution in [0.5, 0.6) is 0 Å². The summed E-state index contributed by atoms with van der Waals surface area (Å²) >= 11 is 5.04. The van der Waals surface area contributed by atoms with Gasteiger partial charge in [0.1, 0.15) is 6.04 Å². The molecule has 0 aliphatic heterocycles. The van der Waals surface area contributed by atoms with Gasteiger partial charge in [-0.25, -0.2) is 0 Å². The maximum atomic E-state index is 13.0. The molecule has 6 heteroatoms. The zero-order valence-electron chi connectivity index (χ0n) is 14.7. The standard InChI is InChI=1S/C19H23BrN2O2S/c1-13(2)11-17(23)21-18(14-7-5-4-6-8-14)19(24)22(3)12-15-9-10-16(20)25-15/h4-10,13,18H,11-12H2,1-3H3,(H,21,23). The maximum Gasteiger partial charge on any atom is 0.249 e. The molecule has 0 fully saturated rings. The lowest BCUT2D eigenvalue weighted by Crippen LogP contribution is -2.41. The van der Waals surface area contributed by atoms with E-state index in [4.69, 9.17) is 0 Å². The zero-order valence-corrected chi connectivity index (χ0v) is 17.1. The number of nitrogens with zero attached hydrogens (tertiary/aromatic N) is 1. The summed E-state index contributed by atoms with van der Waals surface area (Å²) in [7, 11) is 1.76. The van der Waals surface area contributed by atoms with E-state index in [-0.39, 0.29) is 17.7 Å². The molecule has 1 unspecified atom stereocenters. The number of carbonyl (C=O) groups is 2. The molecule has 2 rings (SSSR count). The molecule has 1 aromatic heterocycles. The Balaban J connectivity index is 2.15. The third-order valence-electron chi connectivity index (χ3n) is 3.68. The lowest BCUT2D eigenvalue weighted by atomic mass is 10.0. The van der Waals surface area contributed by atoms with E-state index >= 15 is 0 Å². The van der Waals surface area contributed by atoms with E-state index in [1.807, 2.05) is 56.3 Å². The summed E-state index contributed by atoms with van der Waals surface area (Å²) in [6, 6.07) is 12.7. The van der Waals surface area contributed by atoms with Gasteiger partial charge in [0.15, 0.2) is 0 Å². The van der Waals surface area contributed by atoms with Crippen LogP contribution in [0.3, 0.4) is 0 Å². The van der Waals surface area contributed by atoms with E-state index in [9.17, 15) is 9.59 Å². The van der Waals surface area contributed by atoms with Gasteiger partial charge in [0.2, 0.25) is 11.8 Å². The van der Waals surface area contributed by atoms with Gasteiger partial charge in [-0.2, -0.15) is 0 Å². The van der Waals surface area contributed by atoms with Gasteiger partial charge in [0.05, 0.1) is 10.3 Å². The molecule has 0 aliphatic carbocycles. The number of nitrogens with one attached hydrogen (secondary N) is 1. The number of amides is 2. The van der Waals surface area contributed by atoms with Crippen molar-refractivity contribution in [2.24, 2.45) is 5.92 Å². The Hall–Kier alpha value is -1.66. The molecule has 1 heterocycles. The van der Waals surface area contributed by atoms with Crippen molar-refractivity contribution in [2.75, 3.05) is 7.05 Å². The summed E-state index contributed by atoms with van der Waals surface area (Å²) in [5.74, 6) is 0.0185. The van der Waals surface area contributed by atoms with E-state index in [0.717, 1.165) is 14.2 Å². The van der Waals surface area contributed by atoms with Crippen molar-refractivity contribution < 1.29 is 9.59 Å². The minimum absolute atomic E-state index is 0.107. The molecular formula is C19H23BrN2O2S. The first kappa shape index (κ1) is 19.7. The van der Waals surface area contributed by atoms with Crippen LogP contribution in [-0.4, -0.2) is 23.8 Å². The van der Waals surface area contributed by atoms with Gasteiger partial charge < -0.3 is 10.2 Å². The molecule has 4 nitrogen and oxygen atoms in total. The Morgan fingerprint density at radius 2 is 1.84 bits per heavy atom. The molecule has 25 heavy (non-hydrogen) atoms. The molecule has 0 saturated heterocycles. The summed E-state index contributed by atoms with van der Waals surface area (Å²) < 4.78 is 1.04. The number of likely N-dealkylation sites (N-methyl/N-ethyl adjacent to an activating group) is 1. The molecule has 0 bridgehead atoms. The molecule has 0 radical (unpaired) electrons. The average Bonchev–Trinajstić information content (AvgIpc) is 2.97. The third kappa shape index (κ3) is 5.97. The molecule has 0 spiro atoms. The number of benzene rings is 1. The van der Waals surface area contributed by atoms with Gasteiger partial charge >= 0.3 is 0 Å². The Morgan fingerprint density at radius 1 is 1.16 bits per heavy atom. The fourth-order valence-electron chi connectivity index (χ4n) is 2.49. The molecule has 1 N–H and O–H groups in total. The Morgan fingerprint density at radius 3 is 2.40 bits per heavy atom. The minimum Gasteiger partial charge on any atom is -0.341 e. The predicted molar refractivity (Wildman–Crippen MR) is 105 cm³/mol. The highest BCUT2D eigenvalue weighted by Gasteiger charge is 2.26. The van der Waals surface area contributed by atoms with Gasteiger partial charge in [0.25, 0.3) is 0 Å². The quantitative estimate of drug-likeness (QED) is 0.719. The second-order valence-electron chi connectivity index (χ2n) is 6.41. The van der Waals surface area contributed by atoms with Crippen LogP contribution in [-0.2, 0) is 16.1 Å². The van der Waals surface area contributed by atoms with Crippen molar-refractivity contribution in [3.8, 4) is 0 Å². The number of carbonyl (C=O) groups excluding carboxylic acids is 2. The highest BCUT2D eigenvalue weighted by Crippen LogP contribution is 2.24. The number of hydrogen-bond donors (Lipinski definition) is 1. The number of hydrogen-bond acceptors (Lipinski definition) is 3. The molecule has 1 atom stereocenters. The van der Waals surface area contributed by atoms with Crippen molar-refractivity contribution >= 4 is 39.1 Å². The fourth-order valence-corrected chi connectivity index (χ4v) is 4.03. The number of thiophene rings is 1. The van der Waals surface area contributed by atoms with E-state index in [0.29, 0.717) is 13.0 Å². The van der Waals surface area contributed by atoms with E-state index in [1.54, 1.807) is 23.3 Å². The van der Waals surface area contributed by atoms with Gasteiger partial charge in [-0.1, -0.05) is 44.2 Å². The van der Waals surface area contributed by atoms with Crippen molar-refractivity contribution in [3.63, 3.8) is 0 Å². The summed E-state index contributed by atoms with van der Waals surface area (Å²) in [4.78, 5) is 28.0. The number of halogens is 1. The second-order valence-corrected chi connectivity index (χ2v) is 8.96. The highest BCUT2D eigenvalue weighted by atomic mass is 79.9. The average molecular weight is 423 g/mol. The van der Waals surface area contributed by atoms with Gasteiger partial charge in [-0.15, -0.1) is 11.3 Å². The van der Waals surface area contributed by atoms with Crippen molar-refractivity contribution in [3.05, 3.63) is 56.7 Å². The van der Waals surface area contributed by atoms with Crippen LogP contribution in [0.2, 0.25) is 0 Å². The summed E-state index contributed by atoms with van der Waals surface area (Å²) in [6.07, 6.45) is 0.401. The Bertz CT molecular complexity index is 715. The fraction of sp³-hybridized carbons (Fsp3) is 0.368. The topological polar surface area (TPSA) is 49.4 Å². The largest absolute Gasteiger partial charge is 0.341 e. The van der Waals surface area contributed by atoms with E-state index < -0.39 is 6.04 Å². The molecule has 0 saturated carbocycles.